The molecule has 1 amide bonds. The Kier molecular flexibility index (Phi) is 6.64. The molecule has 3 rings (SSSR count). The highest BCUT2D eigenvalue weighted by atomic mass is 16.5. The first kappa shape index (κ1) is 19.3. The lowest BCUT2D eigenvalue weighted by Crippen LogP contribution is -2.53. The summed E-state index contributed by atoms with van der Waals surface area (Å²) in [5.41, 5.74) is 2.07. The highest BCUT2D eigenvalue weighted by molar-refractivity contribution is 5.86. The molecule has 2 N–H and O–H groups in total. The van der Waals surface area contributed by atoms with Crippen LogP contribution >= 0.6 is 0 Å². The first-order chi connectivity index (χ1) is 12.6. The summed E-state index contributed by atoms with van der Waals surface area (Å²) in [7, 11) is 0. The van der Waals surface area contributed by atoms with Crippen molar-refractivity contribution < 1.29 is 14.6 Å². The molecule has 26 heavy (non-hydrogen) atoms. The van der Waals surface area contributed by atoms with Gasteiger partial charge in [-0.1, -0.05) is 24.3 Å². The van der Waals surface area contributed by atoms with Crippen molar-refractivity contribution in [2.75, 3.05) is 46.0 Å². The zero-order chi connectivity index (χ0) is 18.4. The molecule has 0 spiro atoms. The standard InChI is InChI=1S/C20H31N3O3/c1-20(19(25)21-7-11-24)6-3-8-23(20)16-18-5-2-4-17(14-18)15-22-9-12-26-13-10-22/h2,4-5,14,24H,3,6-13,15-16H2,1H3,(H,21,25). The molecule has 0 bridgehead atoms. The molecule has 144 valence electrons. The fourth-order valence-electron chi connectivity index (χ4n) is 3.95. The van der Waals surface area contributed by atoms with Gasteiger partial charge in [0, 0.05) is 32.7 Å². The van der Waals surface area contributed by atoms with Crippen molar-refractivity contribution in [1.29, 1.82) is 0 Å². The van der Waals surface area contributed by atoms with Crippen LogP contribution in [0.1, 0.15) is 30.9 Å². The van der Waals surface area contributed by atoms with Gasteiger partial charge in [-0.3, -0.25) is 14.6 Å². The van der Waals surface area contributed by atoms with Crippen LogP contribution in [0.5, 0.6) is 0 Å². The number of rotatable bonds is 7. The molecule has 0 radical (unpaired) electrons. The van der Waals surface area contributed by atoms with Crippen molar-refractivity contribution in [3.8, 4) is 0 Å². The molecule has 0 aliphatic carbocycles. The summed E-state index contributed by atoms with van der Waals surface area (Å²) >= 11 is 0. The van der Waals surface area contributed by atoms with Crippen molar-refractivity contribution >= 4 is 5.91 Å². The lowest BCUT2D eigenvalue weighted by Gasteiger charge is -2.34. The molecule has 2 aliphatic rings. The Hall–Kier alpha value is -1.47. The van der Waals surface area contributed by atoms with Gasteiger partial charge in [0.25, 0.3) is 0 Å². The van der Waals surface area contributed by atoms with E-state index in [1.807, 2.05) is 6.92 Å². The molecular formula is C20H31N3O3. The number of carbonyl (C=O) groups is 1. The van der Waals surface area contributed by atoms with Crippen LogP contribution in [0.4, 0.5) is 0 Å². The van der Waals surface area contributed by atoms with E-state index in [4.69, 9.17) is 9.84 Å². The number of amides is 1. The van der Waals surface area contributed by atoms with Crippen LogP contribution in [-0.2, 0) is 22.6 Å². The number of nitrogens with one attached hydrogen (secondary N) is 1. The molecule has 0 saturated carbocycles. The van der Waals surface area contributed by atoms with Crippen molar-refractivity contribution in [2.24, 2.45) is 0 Å². The van der Waals surface area contributed by atoms with Crippen LogP contribution in [-0.4, -0.2) is 72.4 Å². The van der Waals surface area contributed by atoms with E-state index >= 15 is 0 Å². The summed E-state index contributed by atoms with van der Waals surface area (Å²) < 4.78 is 5.42. The van der Waals surface area contributed by atoms with Crippen molar-refractivity contribution in [2.45, 2.75) is 38.4 Å². The molecule has 2 aliphatic heterocycles. The second-order valence-electron chi connectivity index (χ2n) is 7.49. The summed E-state index contributed by atoms with van der Waals surface area (Å²) in [6.45, 7) is 8.57. The maximum atomic E-state index is 12.6. The van der Waals surface area contributed by atoms with Crippen LogP contribution in [0.2, 0.25) is 0 Å². The summed E-state index contributed by atoms with van der Waals surface area (Å²) in [5.74, 6) is 0.0218. The Labute approximate surface area is 156 Å². The molecule has 2 fully saturated rings. The number of likely N-dealkylation sites (tertiary alicyclic amines) is 1. The maximum Gasteiger partial charge on any atom is 0.240 e. The SMILES string of the molecule is CC1(C(=O)NCCO)CCCN1Cc1cccc(CN2CCOCC2)c1. The van der Waals surface area contributed by atoms with Gasteiger partial charge in [-0.25, -0.2) is 0 Å². The number of carbonyl (C=O) groups excluding carboxylic acids is 1. The van der Waals surface area contributed by atoms with Gasteiger partial charge in [0.1, 0.15) is 0 Å². The molecule has 1 aromatic carbocycles. The summed E-state index contributed by atoms with van der Waals surface area (Å²) in [6, 6.07) is 8.70. The van der Waals surface area contributed by atoms with Gasteiger partial charge in [0.05, 0.1) is 25.4 Å². The Morgan fingerprint density at radius 2 is 1.96 bits per heavy atom. The minimum atomic E-state index is -0.491. The number of aliphatic hydroxyl groups is 1. The maximum absolute atomic E-state index is 12.6. The van der Waals surface area contributed by atoms with Crippen LogP contribution in [0.25, 0.3) is 0 Å². The monoisotopic (exact) mass is 361 g/mol. The minimum absolute atomic E-state index is 0.0218. The van der Waals surface area contributed by atoms with E-state index in [9.17, 15) is 4.79 Å². The predicted molar refractivity (Wildman–Crippen MR) is 101 cm³/mol. The lowest BCUT2D eigenvalue weighted by molar-refractivity contribution is -0.131. The Morgan fingerprint density at radius 3 is 2.69 bits per heavy atom. The number of aliphatic hydroxyl groups excluding tert-OH is 1. The zero-order valence-corrected chi connectivity index (χ0v) is 15.7. The third-order valence-electron chi connectivity index (χ3n) is 5.55. The van der Waals surface area contributed by atoms with Gasteiger partial charge in [-0.2, -0.15) is 0 Å². The summed E-state index contributed by atoms with van der Waals surface area (Å²) in [4.78, 5) is 17.3. The molecule has 1 unspecified atom stereocenters. The van der Waals surface area contributed by atoms with Crippen LogP contribution in [0.15, 0.2) is 24.3 Å². The molecule has 6 heteroatoms. The quantitative estimate of drug-likeness (QED) is 0.758. The van der Waals surface area contributed by atoms with Crippen LogP contribution in [0, 0.1) is 0 Å². The van der Waals surface area contributed by atoms with E-state index in [-0.39, 0.29) is 12.5 Å². The van der Waals surface area contributed by atoms with Gasteiger partial charge in [-0.05, 0) is 37.4 Å². The number of ether oxygens (including phenoxy) is 1. The highest BCUT2D eigenvalue weighted by Crippen LogP contribution is 2.31. The van der Waals surface area contributed by atoms with Crippen LogP contribution in [0.3, 0.4) is 0 Å². The Bertz CT molecular complexity index is 604. The van der Waals surface area contributed by atoms with E-state index < -0.39 is 5.54 Å². The van der Waals surface area contributed by atoms with Gasteiger partial charge in [-0.15, -0.1) is 0 Å². The summed E-state index contributed by atoms with van der Waals surface area (Å²) in [6.07, 6.45) is 1.88. The normalized spacial score (nSPS) is 24.7. The van der Waals surface area contributed by atoms with Crippen molar-refractivity contribution in [1.82, 2.24) is 15.1 Å². The molecule has 2 saturated heterocycles. The van der Waals surface area contributed by atoms with Gasteiger partial charge in [0.2, 0.25) is 5.91 Å². The van der Waals surface area contributed by atoms with E-state index in [1.165, 1.54) is 11.1 Å². The van der Waals surface area contributed by atoms with E-state index in [2.05, 4.69) is 39.4 Å². The van der Waals surface area contributed by atoms with Gasteiger partial charge in [0.15, 0.2) is 0 Å². The number of hydrogen-bond acceptors (Lipinski definition) is 5. The number of nitrogens with zero attached hydrogens (tertiary/aromatic N) is 2. The molecular weight excluding hydrogens is 330 g/mol. The second kappa shape index (κ2) is 8.95. The average Bonchev–Trinajstić information content (AvgIpc) is 3.02. The molecule has 0 aromatic heterocycles. The molecule has 6 nitrogen and oxygen atoms in total. The zero-order valence-electron chi connectivity index (χ0n) is 15.7. The molecule has 1 atom stereocenters. The number of morpholine rings is 1. The predicted octanol–water partition coefficient (Wildman–Crippen LogP) is 0.982. The number of benzene rings is 1. The largest absolute Gasteiger partial charge is 0.395 e. The topological polar surface area (TPSA) is 65.0 Å². The lowest BCUT2D eigenvalue weighted by atomic mass is 9.97. The minimum Gasteiger partial charge on any atom is -0.395 e. The van der Waals surface area contributed by atoms with Crippen molar-refractivity contribution in [3.63, 3.8) is 0 Å². The van der Waals surface area contributed by atoms with Crippen molar-refractivity contribution in [3.05, 3.63) is 35.4 Å². The van der Waals surface area contributed by atoms with E-state index in [0.717, 1.165) is 58.8 Å². The van der Waals surface area contributed by atoms with Gasteiger partial charge >= 0.3 is 0 Å². The molecule has 1 aromatic rings. The fourth-order valence-corrected chi connectivity index (χ4v) is 3.95. The highest BCUT2D eigenvalue weighted by Gasteiger charge is 2.42. The number of hydrogen-bond donors (Lipinski definition) is 2. The van der Waals surface area contributed by atoms with Crippen LogP contribution < -0.4 is 5.32 Å². The Morgan fingerprint density at radius 1 is 1.23 bits per heavy atom. The third-order valence-corrected chi connectivity index (χ3v) is 5.55. The smallest absolute Gasteiger partial charge is 0.240 e. The first-order valence-electron chi connectivity index (χ1n) is 9.64. The molecule has 2 heterocycles. The first-order valence-corrected chi connectivity index (χ1v) is 9.64. The van der Waals surface area contributed by atoms with Gasteiger partial charge < -0.3 is 15.2 Å². The third kappa shape index (κ3) is 4.62. The fraction of sp³-hybridized carbons (Fsp3) is 0.650. The summed E-state index contributed by atoms with van der Waals surface area (Å²) in [5, 5.41) is 11.8. The van der Waals surface area contributed by atoms with E-state index in [0.29, 0.717) is 6.54 Å². The van der Waals surface area contributed by atoms with E-state index in [1.54, 1.807) is 0 Å². The average molecular weight is 361 g/mol. The second-order valence-corrected chi connectivity index (χ2v) is 7.49. The Balaban J connectivity index is 1.63.